The Morgan fingerprint density at radius 1 is 1.56 bits per heavy atom. The van der Waals surface area contributed by atoms with Gasteiger partial charge in [0.2, 0.25) is 0 Å². The topological polar surface area (TPSA) is 90.4 Å². The number of hydrogen-bond acceptors (Lipinski definition) is 5. The van der Waals surface area contributed by atoms with E-state index in [4.69, 9.17) is 10.5 Å². The third-order valence-electron chi connectivity index (χ3n) is 2.42. The van der Waals surface area contributed by atoms with Gasteiger partial charge >= 0.3 is 0 Å². The summed E-state index contributed by atoms with van der Waals surface area (Å²) in [4.78, 5) is 10.2. The Kier molecular flexibility index (Phi) is 2.15. The van der Waals surface area contributed by atoms with Gasteiger partial charge in [0.1, 0.15) is 17.0 Å². The van der Waals surface area contributed by atoms with Crippen molar-refractivity contribution in [3.8, 4) is 5.75 Å². The first-order valence-electron chi connectivity index (χ1n) is 4.90. The van der Waals surface area contributed by atoms with Crippen LogP contribution in [-0.4, -0.2) is 17.1 Å². The minimum Gasteiger partial charge on any atom is -0.484 e. The Morgan fingerprint density at radius 3 is 2.88 bits per heavy atom. The molecule has 0 saturated carbocycles. The standard InChI is InChI=1S/C10H13N3O3/c1-10(2)5-12-7-3-6(11)8(13(14)15)4-9(7)16-10/h3-4,12H,5,11H2,1-2H3. The number of rotatable bonds is 1. The van der Waals surface area contributed by atoms with E-state index in [1.807, 2.05) is 13.8 Å². The van der Waals surface area contributed by atoms with Gasteiger partial charge in [0, 0.05) is 0 Å². The molecule has 0 saturated heterocycles. The summed E-state index contributed by atoms with van der Waals surface area (Å²) < 4.78 is 5.64. The second kappa shape index (κ2) is 3.26. The molecule has 86 valence electrons. The normalized spacial score (nSPS) is 16.9. The van der Waals surface area contributed by atoms with Gasteiger partial charge in [-0.3, -0.25) is 10.1 Å². The average molecular weight is 223 g/mol. The molecule has 16 heavy (non-hydrogen) atoms. The fourth-order valence-corrected chi connectivity index (χ4v) is 1.61. The van der Waals surface area contributed by atoms with Gasteiger partial charge in [-0.05, 0) is 19.9 Å². The van der Waals surface area contributed by atoms with Crippen molar-refractivity contribution in [1.82, 2.24) is 0 Å². The van der Waals surface area contributed by atoms with Gasteiger partial charge in [0.25, 0.3) is 5.69 Å². The summed E-state index contributed by atoms with van der Waals surface area (Å²) >= 11 is 0. The van der Waals surface area contributed by atoms with Crippen molar-refractivity contribution in [3.63, 3.8) is 0 Å². The van der Waals surface area contributed by atoms with Crippen LogP contribution in [0, 0.1) is 10.1 Å². The molecule has 6 heteroatoms. The highest BCUT2D eigenvalue weighted by Crippen LogP contribution is 2.38. The van der Waals surface area contributed by atoms with Gasteiger partial charge in [0.05, 0.1) is 23.2 Å². The van der Waals surface area contributed by atoms with Crippen molar-refractivity contribution in [2.45, 2.75) is 19.4 Å². The molecule has 0 fully saturated rings. The lowest BCUT2D eigenvalue weighted by Gasteiger charge is -2.33. The van der Waals surface area contributed by atoms with Crippen LogP contribution in [0.4, 0.5) is 17.1 Å². The molecule has 0 aromatic heterocycles. The molecule has 6 nitrogen and oxygen atoms in total. The van der Waals surface area contributed by atoms with E-state index < -0.39 is 4.92 Å². The van der Waals surface area contributed by atoms with Crippen molar-refractivity contribution in [1.29, 1.82) is 0 Å². The van der Waals surface area contributed by atoms with E-state index in [-0.39, 0.29) is 17.0 Å². The zero-order valence-corrected chi connectivity index (χ0v) is 9.11. The second-order valence-electron chi connectivity index (χ2n) is 4.38. The smallest absolute Gasteiger partial charge is 0.295 e. The highest BCUT2D eigenvalue weighted by molar-refractivity contribution is 5.73. The lowest BCUT2D eigenvalue weighted by molar-refractivity contribution is -0.384. The zero-order chi connectivity index (χ0) is 11.9. The Morgan fingerprint density at radius 2 is 2.25 bits per heavy atom. The van der Waals surface area contributed by atoms with Crippen LogP contribution in [0.1, 0.15) is 13.8 Å². The lowest BCUT2D eigenvalue weighted by Crippen LogP contribution is -2.40. The first kappa shape index (κ1) is 10.5. The number of nitro groups is 1. The number of ether oxygens (including phenoxy) is 1. The molecule has 0 unspecified atom stereocenters. The SMILES string of the molecule is CC1(C)CNc2cc(N)c([N+](=O)[O-])cc2O1. The predicted octanol–water partition coefficient (Wildman–Crippen LogP) is 1.76. The number of nitro benzene ring substituents is 1. The van der Waals surface area contributed by atoms with E-state index in [1.54, 1.807) is 0 Å². The number of hydrogen-bond donors (Lipinski definition) is 2. The number of benzene rings is 1. The van der Waals surface area contributed by atoms with Gasteiger partial charge in [-0.1, -0.05) is 0 Å². The molecule has 0 atom stereocenters. The molecule has 0 amide bonds. The van der Waals surface area contributed by atoms with Gasteiger partial charge in [-0.15, -0.1) is 0 Å². The number of nitrogens with zero attached hydrogens (tertiary/aromatic N) is 1. The molecule has 1 aliphatic rings. The third kappa shape index (κ3) is 1.73. The summed E-state index contributed by atoms with van der Waals surface area (Å²) in [5.41, 5.74) is 5.91. The monoisotopic (exact) mass is 223 g/mol. The number of nitrogens with two attached hydrogens (primary N) is 1. The molecular weight excluding hydrogens is 210 g/mol. The number of nitrogens with one attached hydrogen (secondary N) is 1. The van der Waals surface area contributed by atoms with Crippen LogP contribution in [0.15, 0.2) is 12.1 Å². The minimum atomic E-state index is -0.513. The fourth-order valence-electron chi connectivity index (χ4n) is 1.61. The van der Waals surface area contributed by atoms with Crippen LogP contribution in [0.3, 0.4) is 0 Å². The van der Waals surface area contributed by atoms with Crippen molar-refractivity contribution in [2.75, 3.05) is 17.6 Å². The number of fused-ring (bicyclic) bond motifs is 1. The minimum absolute atomic E-state index is 0.127. The molecule has 0 spiro atoms. The predicted molar refractivity (Wildman–Crippen MR) is 60.7 cm³/mol. The van der Waals surface area contributed by atoms with Gasteiger partial charge in [-0.2, -0.15) is 0 Å². The summed E-state index contributed by atoms with van der Waals surface area (Å²) in [6.07, 6.45) is 0. The first-order chi connectivity index (χ1) is 7.39. The summed E-state index contributed by atoms with van der Waals surface area (Å²) in [7, 11) is 0. The molecule has 3 N–H and O–H groups in total. The van der Waals surface area contributed by atoms with E-state index in [9.17, 15) is 10.1 Å². The molecule has 0 radical (unpaired) electrons. The highest BCUT2D eigenvalue weighted by atomic mass is 16.6. The van der Waals surface area contributed by atoms with E-state index in [1.165, 1.54) is 12.1 Å². The Bertz CT molecular complexity index is 457. The van der Waals surface area contributed by atoms with Gasteiger partial charge in [-0.25, -0.2) is 0 Å². The zero-order valence-electron chi connectivity index (χ0n) is 9.11. The first-order valence-corrected chi connectivity index (χ1v) is 4.90. The van der Waals surface area contributed by atoms with Crippen molar-refractivity contribution in [2.24, 2.45) is 0 Å². The molecule has 0 bridgehead atoms. The number of nitrogen functional groups attached to an aromatic ring is 1. The molecule has 1 heterocycles. The Hall–Kier alpha value is -1.98. The van der Waals surface area contributed by atoms with Crippen LogP contribution in [-0.2, 0) is 0 Å². The van der Waals surface area contributed by atoms with Gasteiger partial charge in [0.15, 0.2) is 0 Å². The molecule has 2 rings (SSSR count). The largest absolute Gasteiger partial charge is 0.484 e. The van der Waals surface area contributed by atoms with E-state index in [0.717, 1.165) is 0 Å². The highest BCUT2D eigenvalue weighted by Gasteiger charge is 2.28. The quantitative estimate of drug-likeness (QED) is 0.430. The maximum atomic E-state index is 10.7. The summed E-state index contributed by atoms with van der Waals surface area (Å²) in [6, 6.07) is 2.89. The van der Waals surface area contributed by atoms with Crippen molar-refractivity contribution >= 4 is 17.1 Å². The van der Waals surface area contributed by atoms with E-state index in [0.29, 0.717) is 18.0 Å². The maximum Gasteiger partial charge on any atom is 0.295 e. The molecule has 1 aromatic carbocycles. The van der Waals surface area contributed by atoms with Crippen molar-refractivity contribution < 1.29 is 9.66 Å². The number of anilines is 2. The molecule has 0 aliphatic carbocycles. The fraction of sp³-hybridized carbons (Fsp3) is 0.400. The molecule has 1 aromatic rings. The van der Waals surface area contributed by atoms with E-state index in [2.05, 4.69) is 5.32 Å². The van der Waals surface area contributed by atoms with Crippen LogP contribution < -0.4 is 15.8 Å². The van der Waals surface area contributed by atoms with Crippen LogP contribution in [0.25, 0.3) is 0 Å². The lowest BCUT2D eigenvalue weighted by atomic mass is 10.1. The van der Waals surface area contributed by atoms with Crippen molar-refractivity contribution in [3.05, 3.63) is 22.2 Å². The summed E-state index contributed by atoms with van der Waals surface area (Å²) in [5.74, 6) is 0.470. The van der Waals surface area contributed by atoms with Crippen LogP contribution in [0.5, 0.6) is 5.75 Å². The third-order valence-corrected chi connectivity index (χ3v) is 2.42. The maximum absolute atomic E-state index is 10.7. The second-order valence-corrected chi connectivity index (χ2v) is 4.38. The van der Waals surface area contributed by atoms with E-state index >= 15 is 0 Å². The molecular formula is C10H13N3O3. The Labute approximate surface area is 92.5 Å². The summed E-state index contributed by atoms with van der Waals surface area (Å²) in [5, 5.41) is 13.9. The summed E-state index contributed by atoms with van der Waals surface area (Å²) in [6.45, 7) is 4.45. The Balaban J connectivity index is 2.48. The van der Waals surface area contributed by atoms with Crippen LogP contribution in [0.2, 0.25) is 0 Å². The van der Waals surface area contributed by atoms with Crippen LogP contribution >= 0.6 is 0 Å². The average Bonchev–Trinajstić information content (AvgIpc) is 2.16. The molecule has 1 aliphatic heterocycles. The van der Waals surface area contributed by atoms with Gasteiger partial charge < -0.3 is 15.8 Å².